The van der Waals surface area contributed by atoms with Crippen LogP contribution in [0.25, 0.3) is 0 Å². The first-order chi connectivity index (χ1) is 16.2. The fraction of sp³-hybridized carbons (Fsp3) is 0.440. The van der Waals surface area contributed by atoms with Crippen LogP contribution in [0.2, 0.25) is 0 Å². The maximum absolute atomic E-state index is 13.4. The number of ether oxygens (including phenoxy) is 4. The van der Waals surface area contributed by atoms with Crippen LogP contribution in [0, 0.1) is 5.92 Å². The molecule has 0 saturated carbocycles. The molecule has 9 nitrogen and oxygen atoms in total. The highest BCUT2D eigenvalue weighted by Crippen LogP contribution is 2.42. The van der Waals surface area contributed by atoms with Crippen molar-refractivity contribution >= 4 is 12.0 Å². The second-order valence-corrected chi connectivity index (χ2v) is 8.38. The number of carbonyl (C=O) groups excluding carboxylic acids is 1. The van der Waals surface area contributed by atoms with Crippen LogP contribution in [0.3, 0.4) is 0 Å². The van der Waals surface area contributed by atoms with Gasteiger partial charge in [0.1, 0.15) is 6.04 Å². The van der Waals surface area contributed by atoms with Gasteiger partial charge in [-0.05, 0) is 53.3 Å². The molecule has 0 spiro atoms. The third-order valence-corrected chi connectivity index (χ3v) is 6.07. The third-order valence-electron chi connectivity index (χ3n) is 6.07. The normalized spacial score (nSPS) is 15.9. The van der Waals surface area contributed by atoms with Crippen molar-refractivity contribution in [3.05, 3.63) is 47.0 Å². The van der Waals surface area contributed by atoms with Crippen molar-refractivity contribution in [1.29, 1.82) is 0 Å². The molecule has 2 aromatic carbocycles. The van der Waals surface area contributed by atoms with Crippen molar-refractivity contribution in [3.63, 3.8) is 0 Å². The molecule has 0 bridgehead atoms. The van der Waals surface area contributed by atoms with Gasteiger partial charge in [-0.15, -0.1) is 0 Å². The van der Waals surface area contributed by atoms with Crippen molar-refractivity contribution in [3.8, 4) is 23.0 Å². The summed E-state index contributed by atoms with van der Waals surface area (Å²) in [7, 11) is 6.25. The molecular weight excluding hydrogens is 440 g/mol. The average Bonchev–Trinajstić information content (AvgIpc) is 2.84. The number of amides is 2. The summed E-state index contributed by atoms with van der Waals surface area (Å²) in [6.07, 6.45) is 0.576. The molecule has 0 radical (unpaired) electrons. The number of hydrogen-bond donors (Lipinski definition) is 2. The Morgan fingerprint density at radius 1 is 0.941 bits per heavy atom. The third kappa shape index (κ3) is 4.83. The van der Waals surface area contributed by atoms with Gasteiger partial charge < -0.3 is 34.3 Å². The smallest absolute Gasteiger partial charge is 0.326 e. The Bertz CT molecular complexity index is 1050. The molecule has 2 N–H and O–H groups in total. The van der Waals surface area contributed by atoms with Crippen LogP contribution in [-0.4, -0.2) is 63.0 Å². The Kier molecular flexibility index (Phi) is 7.75. The first kappa shape index (κ1) is 25.0. The van der Waals surface area contributed by atoms with E-state index in [2.05, 4.69) is 5.32 Å². The van der Waals surface area contributed by atoms with Gasteiger partial charge in [0, 0.05) is 6.54 Å². The molecule has 9 heteroatoms. The molecule has 0 saturated heterocycles. The first-order valence-corrected chi connectivity index (χ1v) is 11.0. The van der Waals surface area contributed by atoms with Gasteiger partial charge in [-0.25, -0.2) is 9.59 Å². The lowest BCUT2D eigenvalue weighted by molar-refractivity contribution is -0.140. The quantitative estimate of drug-likeness (QED) is 0.606. The van der Waals surface area contributed by atoms with Crippen LogP contribution in [0.4, 0.5) is 4.79 Å². The lowest BCUT2D eigenvalue weighted by Gasteiger charge is -2.39. The molecular formula is C25H32N2O7. The molecule has 0 fully saturated rings. The number of methoxy groups -OCH3 is 4. The number of carbonyl (C=O) groups is 2. The summed E-state index contributed by atoms with van der Waals surface area (Å²) in [5.41, 5.74) is 2.67. The van der Waals surface area contributed by atoms with E-state index in [-0.39, 0.29) is 5.92 Å². The van der Waals surface area contributed by atoms with Gasteiger partial charge in [0.25, 0.3) is 0 Å². The maximum Gasteiger partial charge on any atom is 0.326 e. The number of benzene rings is 2. The number of nitrogens with zero attached hydrogens (tertiary/aromatic N) is 1. The van der Waals surface area contributed by atoms with Crippen LogP contribution < -0.4 is 24.3 Å². The molecule has 1 unspecified atom stereocenters. The van der Waals surface area contributed by atoms with E-state index in [9.17, 15) is 14.7 Å². The minimum atomic E-state index is -1.07. The molecule has 2 amide bonds. The van der Waals surface area contributed by atoms with Gasteiger partial charge in [0.15, 0.2) is 23.0 Å². The predicted octanol–water partition coefficient (Wildman–Crippen LogP) is 3.49. The SMILES string of the molecule is COc1ccc(C2c3cc(OC)c(OC)cc3CCN2C(=O)N[C@H](C(=O)O)C(C)C)cc1OC. The minimum absolute atomic E-state index is 0.276. The van der Waals surface area contributed by atoms with Crippen molar-refractivity contribution in [2.45, 2.75) is 32.4 Å². The topological polar surface area (TPSA) is 107 Å². The van der Waals surface area contributed by atoms with Crippen LogP contribution in [0.1, 0.15) is 36.6 Å². The Morgan fingerprint density at radius 3 is 2.09 bits per heavy atom. The van der Waals surface area contributed by atoms with Crippen LogP contribution in [-0.2, 0) is 11.2 Å². The second-order valence-electron chi connectivity index (χ2n) is 8.38. The zero-order chi connectivity index (χ0) is 25.0. The number of urea groups is 1. The van der Waals surface area contributed by atoms with Gasteiger partial charge in [-0.2, -0.15) is 0 Å². The summed E-state index contributed by atoms with van der Waals surface area (Å²) >= 11 is 0. The largest absolute Gasteiger partial charge is 0.493 e. The standard InChI is InChI=1S/C25H32N2O7/c1-14(2)22(24(28)29)26-25(30)27-10-9-15-11-20(33-5)21(34-6)13-17(15)23(27)16-7-8-18(31-3)19(12-16)32-4/h7-8,11-14,22-23H,9-10H2,1-6H3,(H,26,30)(H,28,29)/t22-,23?/m0/s1. The Morgan fingerprint density at radius 2 is 1.53 bits per heavy atom. The summed E-state index contributed by atoms with van der Waals surface area (Å²) in [6, 6.07) is 7.30. The van der Waals surface area contributed by atoms with Crippen LogP contribution in [0.15, 0.2) is 30.3 Å². The summed E-state index contributed by atoms with van der Waals surface area (Å²) < 4.78 is 21.9. The molecule has 2 atom stereocenters. The molecule has 34 heavy (non-hydrogen) atoms. The first-order valence-electron chi connectivity index (χ1n) is 11.0. The fourth-order valence-corrected chi connectivity index (χ4v) is 4.28. The van der Waals surface area contributed by atoms with Crippen LogP contribution in [0.5, 0.6) is 23.0 Å². The highest BCUT2D eigenvalue weighted by atomic mass is 16.5. The summed E-state index contributed by atoms with van der Waals surface area (Å²) in [6.45, 7) is 3.90. The van der Waals surface area contributed by atoms with Crippen LogP contribution >= 0.6 is 0 Å². The number of aliphatic carboxylic acids is 1. The Balaban J connectivity index is 2.13. The monoisotopic (exact) mass is 472 g/mol. The predicted molar refractivity (Wildman–Crippen MR) is 126 cm³/mol. The van der Waals surface area contributed by atoms with E-state index in [1.807, 2.05) is 24.3 Å². The van der Waals surface area contributed by atoms with E-state index in [1.165, 1.54) is 0 Å². The van der Waals surface area contributed by atoms with Crippen molar-refractivity contribution in [2.24, 2.45) is 5.92 Å². The van der Waals surface area contributed by atoms with E-state index >= 15 is 0 Å². The van der Waals surface area contributed by atoms with Crippen molar-refractivity contribution < 1.29 is 33.6 Å². The second kappa shape index (κ2) is 10.5. The number of hydrogen-bond acceptors (Lipinski definition) is 6. The molecule has 0 aliphatic carbocycles. The average molecular weight is 473 g/mol. The summed E-state index contributed by atoms with van der Waals surface area (Å²) in [4.78, 5) is 26.8. The number of rotatable bonds is 8. The molecule has 0 aromatic heterocycles. The minimum Gasteiger partial charge on any atom is -0.493 e. The van der Waals surface area contributed by atoms with E-state index in [0.717, 1.165) is 16.7 Å². The fourth-order valence-electron chi connectivity index (χ4n) is 4.28. The van der Waals surface area contributed by atoms with E-state index in [0.29, 0.717) is 36.0 Å². The molecule has 1 heterocycles. The molecule has 3 rings (SSSR count). The number of nitrogens with one attached hydrogen (secondary N) is 1. The van der Waals surface area contributed by atoms with Gasteiger partial charge in [0.2, 0.25) is 0 Å². The molecule has 184 valence electrons. The number of carboxylic acid groups (broad SMARTS) is 1. The highest BCUT2D eigenvalue weighted by Gasteiger charge is 2.36. The Hall–Kier alpha value is -3.62. The number of carboxylic acids is 1. The molecule has 2 aromatic rings. The summed E-state index contributed by atoms with van der Waals surface area (Å²) in [5.74, 6) is 0.891. The molecule has 1 aliphatic rings. The molecule has 1 aliphatic heterocycles. The van der Waals surface area contributed by atoms with Gasteiger partial charge in [-0.3, -0.25) is 0 Å². The zero-order valence-electron chi connectivity index (χ0n) is 20.4. The van der Waals surface area contributed by atoms with E-state index in [1.54, 1.807) is 53.3 Å². The maximum atomic E-state index is 13.4. The Labute approximate surface area is 199 Å². The van der Waals surface area contributed by atoms with Crippen molar-refractivity contribution in [2.75, 3.05) is 35.0 Å². The summed E-state index contributed by atoms with van der Waals surface area (Å²) in [5, 5.41) is 12.3. The van der Waals surface area contributed by atoms with Gasteiger partial charge in [0.05, 0.1) is 34.5 Å². The highest BCUT2D eigenvalue weighted by molar-refractivity contribution is 5.83. The van der Waals surface area contributed by atoms with Gasteiger partial charge >= 0.3 is 12.0 Å². The lowest BCUT2D eigenvalue weighted by atomic mass is 9.87. The lowest BCUT2D eigenvalue weighted by Crippen LogP contribution is -2.52. The number of fused-ring (bicyclic) bond motifs is 1. The van der Waals surface area contributed by atoms with E-state index < -0.39 is 24.1 Å². The zero-order valence-corrected chi connectivity index (χ0v) is 20.4. The van der Waals surface area contributed by atoms with E-state index in [4.69, 9.17) is 18.9 Å². The van der Waals surface area contributed by atoms with Gasteiger partial charge in [-0.1, -0.05) is 19.9 Å². The van der Waals surface area contributed by atoms with Crippen molar-refractivity contribution in [1.82, 2.24) is 10.2 Å².